The highest BCUT2D eigenvalue weighted by Crippen LogP contribution is 2.22. The molecule has 1 atom stereocenters. The number of aliphatic imine (C=N–C) groups is 1. The van der Waals surface area contributed by atoms with Crippen LogP contribution >= 0.6 is 24.0 Å². The van der Waals surface area contributed by atoms with E-state index in [-0.39, 0.29) is 24.0 Å². The van der Waals surface area contributed by atoms with E-state index in [9.17, 15) is 0 Å². The summed E-state index contributed by atoms with van der Waals surface area (Å²) in [5.41, 5.74) is 2.68. The maximum absolute atomic E-state index is 4.90. The summed E-state index contributed by atoms with van der Waals surface area (Å²) in [4.78, 5) is 7.31. The summed E-state index contributed by atoms with van der Waals surface area (Å²) in [6.45, 7) is 10.8. The number of nitrogens with one attached hydrogen (secondary N) is 2. The number of guanidine groups is 1. The van der Waals surface area contributed by atoms with Crippen LogP contribution in [-0.4, -0.2) is 59.9 Å². The van der Waals surface area contributed by atoms with Gasteiger partial charge in [0.05, 0.1) is 5.69 Å². The highest BCUT2D eigenvalue weighted by atomic mass is 127. The molecule has 1 saturated heterocycles. The molecule has 2 heterocycles. The summed E-state index contributed by atoms with van der Waals surface area (Å²) >= 11 is 0. The normalized spacial score (nSPS) is 21.7. The lowest BCUT2D eigenvalue weighted by molar-refractivity contribution is 0.223. The van der Waals surface area contributed by atoms with E-state index in [2.05, 4.69) is 54.2 Å². The van der Waals surface area contributed by atoms with E-state index >= 15 is 0 Å². The Morgan fingerprint density at radius 2 is 2.04 bits per heavy atom. The van der Waals surface area contributed by atoms with Crippen LogP contribution in [0.25, 0.3) is 0 Å². The number of rotatable bonds is 5. The first-order valence-corrected chi connectivity index (χ1v) is 10.4. The lowest BCUT2D eigenvalue weighted by Gasteiger charge is -2.28. The Morgan fingerprint density at radius 3 is 2.70 bits per heavy atom. The Kier molecular flexibility index (Phi) is 8.85. The number of likely N-dealkylation sites (tertiary alicyclic amines) is 1. The van der Waals surface area contributed by atoms with Gasteiger partial charge in [-0.05, 0) is 78.1 Å². The van der Waals surface area contributed by atoms with Crippen molar-refractivity contribution >= 4 is 29.9 Å². The third kappa shape index (κ3) is 6.34. The van der Waals surface area contributed by atoms with E-state index in [1.54, 1.807) is 0 Å². The molecule has 0 spiro atoms. The molecule has 1 aliphatic heterocycles. The van der Waals surface area contributed by atoms with Gasteiger partial charge < -0.3 is 15.5 Å². The number of aromatic nitrogens is 2. The van der Waals surface area contributed by atoms with Gasteiger partial charge in [-0.3, -0.25) is 9.67 Å². The van der Waals surface area contributed by atoms with Crippen LogP contribution in [0.3, 0.4) is 0 Å². The third-order valence-corrected chi connectivity index (χ3v) is 5.66. The number of aryl methyl sites for hydroxylation is 1. The molecule has 2 aliphatic rings. The highest BCUT2D eigenvalue weighted by Gasteiger charge is 2.23. The van der Waals surface area contributed by atoms with Gasteiger partial charge in [-0.15, -0.1) is 24.0 Å². The summed E-state index contributed by atoms with van der Waals surface area (Å²) in [7, 11) is 2.21. The summed E-state index contributed by atoms with van der Waals surface area (Å²) in [5.74, 6) is 1.70. The zero-order valence-electron chi connectivity index (χ0n) is 17.4. The average molecular weight is 488 g/mol. The summed E-state index contributed by atoms with van der Waals surface area (Å²) in [5, 5.41) is 11.9. The predicted molar refractivity (Wildman–Crippen MR) is 123 cm³/mol. The molecular formula is C20H37IN6. The summed E-state index contributed by atoms with van der Waals surface area (Å²) in [6, 6.07) is 0.855. The Bertz CT molecular complexity index is 604. The van der Waals surface area contributed by atoms with Crippen molar-refractivity contribution in [2.75, 3.05) is 33.2 Å². The molecule has 3 rings (SSSR count). The van der Waals surface area contributed by atoms with E-state index in [0.29, 0.717) is 12.1 Å². The molecule has 27 heavy (non-hydrogen) atoms. The molecule has 1 aromatic heterocycles. The quantitative estimate of drug-likeness (QED) is 0.380. The van der Waals surface area contributed by atoms with Gasteiger partial charge in [0, 0.05) is 37.8 Å². The van der Waals surface area contributed by atoms with Crippen molar-refractivity contribution in [1.82, 2.24) is 25.3 Å². The molecule has 6 nitrogen and oxygen atoms in total. The summed E-state index contributed by atoms with van der Waals surface area (Å²) < 4.78 is 2.10. The fourth-order valence-corrected chi connectivity index (χ4v) is 3.88. The average Bonchev–Trinajstić information content (AvgIpc) is 3.05. The van der Waals surface area contributed by atoms with Crippen molar-refractivity contribution in [2.45, 2.75) is 65.0 Å². The summed E-state index contributed by atoms with van der Waals surface area (Å²) in [6.07, 6.45) is 8.00. The first-order chi connectivity index (χ1) is 12.5. The van der Waals surface area contributed by atoms with Gasteiger partial charge in [0.2, 0.25) is 0 Å². The van der Waals surface area contributed by atoms with Crippen molar-refractivity contribution in [3.63, 3.8) is 0 Å². The second-order valence-electron chi connectivity index (χ2n) is 8.23. The molecule has 1 aromatic rings. The number of nitrogens with zero attached hydrogens (tertiary/aromatic N) is 4. The van der Waals surface area contributed by atoms with Crippen LogP contribution in [0.15, 0.2) is 11.2 Å². The number of hydrogen-bond acceptors (Lipinski definition) is 3. The standard InChI is InChI=1S/C20H36N6.HI/c1-5-21-20(22-13-16-8-10-25(4)11-9-16)23-18-7-6-17-14-26(15(2)3)24-19(17)12-18;/h14-16,18H,5-13H2,1-4H3,(H2,21,22,23);1H. The molecule has 0 amide bonds. The molecule has 1 fully saturated rings. The molecule has 0 radical (unpaired) electrons. The first kappa shape index (κ1) is 22.5. The predicted octanol–water partition coefficient (Wildman–Crippen LogP) is 2.84. The van der Waals surface area contributed by atoms with Crippen LogP contribution in [0.5, 0.6) is 0 Å². The molecule has 2 N–H and O–H groups in total. The number of hydrogen-bond donors (Lipinski definition) is 2. The Hall–Kier alpha value is -0.830. The van der Waals surface area contributed by atoms with Crippen molar-refractivity contribution < 1.29 is 0 Å². The van der Waals surface area contributed by atoms with E-state index < -0.39 is 0 Å². The molecule has 0 bridgehead atoms. The monoisotopic (exact) mass is 488 g/mol. The minimum absolute atomic E-state index is 0. The topological polar surface area (TPSA) is 57.5 Å². The van der Waals surface area contributed by atoms with E-state index in [1.807, 2.05) is 0 Å². The van der Waals surface area contributed by atoms with Gasteiger partial charge in [0.15, 0.2) is 5.96 Å². The third-order valence-electron chi connectivity index (χ3n) is 5.66. The van der Waals surface area contributed by atoms with E-state index in [1.165, 1.54) is 37.2 Å². The van der Waals surface area contributed by atoms with Gasteiger partial charge in [-0.2, -0.15) is 5.10 Å². The maximum Gasteiger partial charge on any atom is 0.191 e. The fraction of sp³-hybridized carbons (Fsp3) is 0.800. The zero-order chi connectivity index (χ0) is 18.5. The Balaban J connectivity index is 0.00000261. The Labute approximate surface area is 181 Å². The van der Waals surface area contributed by atoms with Gasteiger partial charge in [0.1, 0.15) is 0 Å². The van der Waals surface area contributed by atoms with Crippen LogP contribution in [0.2, 0.25) is 0 Å². The van der Waals surface area contributed by atoms with Crippen LogP contribution in [0, 0.1) is 5.92 Å². The number of fused-ring (bicyclic) bond motifs is 1. The molecule has 154 valence electrons. The van der Waals surface area contributed by atoms with Gasteiger partial charge in [-0.1, -0.05) is 0 Å². The van der Waals surface area contributed by atoms with Crippen LogP contribution < -0.4 is 10.6 Å². The molecular weight excluding hydrogens is 451 g/mol. The van der Waals surface area contributed by atoms with Crippen molar-refractivity contribution in [3.8, 4) is 0 Å². The van der Waals surface area contributed by atoms with E-state index in [0.717, 1.165) is 44.2 Å². The zero-order valence-corrected chi connectivity index (χ0v) is 19.7. The number of piperidine rings is 1. The lowest BCUT2D eigenvalue weighted by Crippen LogP contribution is -2.46. The Morgan fingerprint density at radius 1 is 1.30 bits per heavy atom. The first-order valence-electron chi connectivity index (χ1n) is 10.4. The van der Waals surface area contributed by atoms with E-state index in [4.69, 9.17) is 10.1 Å². The smallest absolute Gasteiger partial charge is 0.191 e. The highest BCUT2D eigenvalue weighted by molar-refractivity contribution is 14.0. The molecule has 0 saturated carbocycles. The van der Waals surface area contributed by atoms with Crippen LogP contribution in [-0.2, 0) is 12.8 Å². The molecule has 1 unspecified atom stereocenters. The van der Waals surface area contributed by atoms with Crippen molar-refractivity contribution in [1.29, 1.82) is 0 Å². The van der Waals surface area contributed by atoms with Gasteiger partial charge in [0.25, 0.3) is 0 Å². The molecule has 1 aliphatic carbocycles. The van der Waals surface area contributed by atoms with Crippen molar-refractivity contribution in [3.05, 3.63) is 17.5 Å². The largest absolute Gasteiger partial charge is 0.357 e. The second-order valence-corrected chi connectivity index (χ2v) is 8.23. The second kappa shape index (κ2) is 10.6. The van der Waals surface area contributed by atoms with Crippen LogP contribution in [0.4, 0.5) is 0 Å². The molecule has 0 aromatic carbocycles. The molecule has 7 heteroatoms. The van der Waals surface area contributed by atoms with Gasteiger partial charge in [-0.25, -0.2) is 0 Å². The minimum Gasteiger partial charge on any atom is -0.357 e. The maximum atomic E-state index is 4.90. The number of halogens is 1. The van der Waals surface area contributed by atoms with Crippen molar-refractivity contribution in [2.24, 2.45) is 10.9 Å². The fourth-order valence-electron chi connectivity index (χ4n) is 3.88. The minimum atomic E-state index is 0. The van der Waals surface area contributed by atoms with Gasteiger partial charge >= 0.3 is 0 Å². The van der Waals surface area contributed by atoms with Crippen LogP contribution in [0.1, 0.15) is 57.3 Å². The lowest BCUT2D eigenvalue weighted by atomic mass is 9.94. The SMILES string of the molecule is CCNC(=NCC1CCN(C)CC1)NC1CCc2cn(C(C)C)nc2C1.I.